The van der Waals surface area contributed by atoms with Crippen molar-refractivity contribution in [1.29, 1.82) is 0 Å². The van der Waals surface area contributed by atoms with Crippen molar-refractivity contribution in [3.05, 3.63) is 35.6 Å². The maximum absolute atomic E-state index is 12.8. The molecule has 0 aliphatic heterocycles. The zero-order valence-electron chi connectivity index (χ0n) is 9.76. The molecular formula is C13H20FN. The third-order valence-electron chi connectivity index (χ3n) is 3.11. The number of hydrogen-bond acceptors (Lipinski definition) is 1. The highest BCUT2D eigenvalue weighted by Gasteiger charge is 2.27. The molecule has 0 saturated carbocycles. The molecule has 0 aromatic heterocycles. The van der Waals surface area contributed by atoms with Crippen molar-refractivity contribution in [2.24, 2.45) is 5.73 Å². The van der Waals surface area contributed by atoms with Gasteiger partial charge in [-0.3, -0.25) is 0 Å². The number of halogens is 1. The Bertz CT molecular complexity index is 303. The summed E-state index contributed by atoms with van der Waals surface area (Å²) >= 11 is 0. The van der Waals surface area contributed by atoms with Crippen LogP contribution in [0.25, 0.3) is 0 Å². The van der Waals surface area contributed by atoms with E-state index in [0.717, 1.165) is 18.4 Å². The Morgan fingerprint density at radius 1 is 1.27 bits per heavy atom. The zero-order chi connectivity index (χ0) is 11.5. The molecule has 15 heavy (non-hydrogen) atoms. The van der Waals surface area contributed by atoms with E-state index < -0.39 is 0 Å². The minimum atomic E-state index is -0.196. The average Bonchev–Trinajstić information content (AvgIpc) is 2.18. The topological polar surface area (TPSA) is 26.0 Å². The van der Waals surface area contributed by atoms with Crippen LogP contribution in [-0.4, -0.2) is 6.04 Å². The van der Waals surface area contributed by atoms with Gasteiger partial charge in [0.2, 0.25) is 0 Å². The molecule has 0 fully saturated rings. The first kappa shape index (κ1) is 12.2. The average molecular weight is 209 g/mol. The quantitative estimate of drug-likeness (QED) is 0.809. The monoisotopic (exact) mass is 209 g/mol. The molecule has 1 aromatic rings. The SMILES string of the molecule is CCC[C@@H](N)C(C)(C)c1ccc(F)cc1. The first-order valence-electron chi connectivity index (χ1n) is 5.50. The van der Waals surface area contributed by atoms with Crippen LogP contribution in [0.15, 0.2) is 24.3 Å². The number of rotatable bonds is 4. The number of benzene rings is 1. The van der Waals surface area contributed by atoms with E-state index in [0.29, 0.717) is 0 Å². The van der Waals surface area contributed by atoms with Crippen molar-refractivity contribution in [3.8, 4) is 0 Å². The molecule has 0 amide bonds. The van der Waals surface area contributed by atoms with E-state index in [9.17, 15) is 4.39 Å². The summed E-state index contributed by atoms with van der Waals surface area (Å²) in [4.78, 5) is 0. The molecule has 0 aliphatic carbocycles. The molecule has 84 valence electrons. The Hall–Kier alpha value is -0.890. The van der Waals surface area contributed by atoms with Gasteiger partial charge >= 0.3 is 0 Å². The fraction of sp³-hybridized carbons (Fsp3) is 0.538. The Morgan fingerprint density at radius 3 is 2.27 bits per heavy atom. The van der Waals surface area contributed by atoms with E-state index in [-0.39, 0.29) is 17.3 Å². The van der Waals surface area contributed by atoms with Gasteiger partial charge in [0.05, 0.1) is 0 Å². The van der Waals surface area contributed by atoms with E-state index in [1.807, 2.05) is 12.1 Å². The highest BCUT2D eigenvalue weighted by Crippen LogP contribution is 2.28. The largest absolute Gasteiger partial charge is 0.327 e. The van der Waals surface area contributed by atoms with Crippen LogP contribution in [0, 0.1) is 5.82 Å². The minimum Gasteiger partial charge on any atom is -0.327 e. The summed E-state index contributed by atoms with van der Waals surface area (Å²) in [5, 5.41) is 0. The summed E-state index contributed by atoms with van der Waals surface area (Å²) in [6.07, 6.45) is 2.07. The molecule has 0 aliphatic rings. The van der Waals surface area contributed by atoms with Crippen LogP contribution in [0.2, 0.25) is 0 Å². The van der Waals surface area contributed by atoms with E-state index in [1.54, 1.807) is 0 Å². The minimum absolute atomic E-state index is 0.0935. The highest BCUT2D eigenvalue weighted by molar-refractivity contribution is 5.26. The Labute approximate surface area is 91.5 Å². The maximum Gasteiger partial charge on any atom is 0.123 e. The molecule has 2 heteroatoms. The predicted octanol–water partition coefficient (Wildman–Crippen LogP) is 3.23. The zero-order valence-corrected chi connectivity index (χ0v) is 9.76. The van der Waals surface area contributed by atoms with Crippen LogP contribution in [0.4, 0.5) is 4.39 Å². The Kier molecular flexibility index (Phi) is 3.86. The van der Waals surface area contributed by atoms with E-state index in [2.05, 4.69) is 20.8 Å². The molecular weight excluding hydrogens is 189 g/mol. The molecule has 2 N–H and O–H groups in total. The van der Waals surface area contributed by atoms with Gasteiger partial charge in [0.15, 0.2) is 0 Å². The van der Waals surface area contributed by atoms with Crippen molar-refractivity contribution >= 4 is 0 Å². The molecule has 0 spiro atoms. The van der Waals surface area contributed by atoms with Gasteiger partial charge in [0, 0.05) is 11.5 Å². The summed E-state index contributed by atoms with van der Waals surface area (Å²) in [7, 11) is 0. The van der Waals surface area contributed by atoms with Crippen LogP contribution in [-0.2, 0) is 5.41 Å². The van der Waals surface area contributed by atoms with Gasteiger partial charge in [-0.15, -0.1) is 0 Å². The van der Waals surface area contributed by atoms with Crippen LogP contribution in [0.3, 0.4) is 0 Å². The van der Waals surface area contributed by atoms with Crippen molar-refractivity contribution < 1.29 is 4.39 Å². The molecule has 1 aromatic carbocycles. The summed E-state index contributed by atoms with van der Waals surface area (Å²) in [6, 6.07) is 6.76. The lowest BCUT2D eigenvalue weighted by atomic mass is 9.76. The van der Waals surface area contributed by atoms with Crippen molar-refractivity contribution in [3.63, 3.8) is 0 Å². The summed E-state index contributed by atoms with van der Waals surface area (Å²) < 4.78 is 12.8. The molecule has 1 rings (SSSR count). The van der Waals surface area contributed by atoms with Gasteiger partial charge in [-0.1, -0.05) is 39.3 Å². The van der Waals surface area contributed by atoms with E-state index in [4.69, 9.17) is 5.73 Å². The molecule has 0 heterocycles. The first-order chi connectivity index (χ1) is 6.98. The molecule has 0 unspecified atom stereocenters. The summed E-state index contributed by atoms with van der Waals surface area (Å²) in [5.74, 6) is -0.196. The highest BCUT2D eigenvalue weighted by atomic mass is 19.1. The van der Waals surface area contributed by atoms with E-state index >= 15 is 0 Å². The van der Waals surface area contributed by atoms with E-state index in [1.165, 1.54) is 12.1 Å². The van der Waals surface area contributed by atoms with Gasteiger partial charge in [0.1, 0.15) is 5.82 Å². The second-order valence-electron chi connectivity index (χ2n) is 4.62. The Balaban J connectivity index is 2.89. The van der Waals surface area contributed by atoms with Crippen LogP contribution >= 0.6 is 0 Å². The third kappa shape index (κ3) is 2.78. The molecule has 0 saturated heterocycles. The second kappa shape index (κ2) is 4.75. The van der Waals surface area contributed by atoms with Gasteiger partial charge in [-0.25, -0.2) is 4.39 Å². The lowest BCUT2D eigenvalue weighted by molar-refractivity contribution is 0.385. The summed E-state index contributed by atoms with van der Waals surface area (Å²) in [5.41, 5.74) is 7.15. The maximum atomic E-state index is 12.8. The van der Waals surface area contributed by atoms with Gasteiger partial charge in [-0.05, 0) is 24.1 Å². The fourth-order valence-electron chi connectivity index (χ4n) is 1.77. The standard InChI is InChI=1S/C13H20FN/c1-4-5-12(15)13(2,3)10-6-8-11(14)9-7-10/h6-9,12H,4-5,15H2,1-3H3/t12-/m1/s1. The lowest BCUT2D eigenvalue weighted by Gasteiger charge is -2.32. The van der Waals surface area contributed by atoms with Crippen molar-refractivity contribution in [2.45, 2.75) is 45.1 Å². The van der Waals surface area contributed by atoms with Crippen LogP contribution in [0.5, 0.6) is 0 Å². The summed E-state index contributed by atoms with van der Waals surface area (Å²) in [6.45, 7) is 6.35. The smallest absolute Gasteiger partial charge is 0.123 e. The number of nitrogens with two attached hydrogens (primary N) is 1. The van der Waals surface area contributed by atoms with Crippen LogP contribution < -0.4 is 5.73 Å². The molecule has 1 nitrogen and oxygen atoms in total. The Morgan fingerprint density at radius 2 is 1.80 bits per heavy atom. The van der Waals surface area contributed by atoms with Gasteiger partial charge < -0.3 is 5.73 Å². The van der Waals surface area contributed by atoms with Crippen molar-refractivity contribution in [1.82, 2.24) is 0 Å². The second-order valence-corrected chi connectivity index (χ2v) is 4.62. The normalized spacial score (nSPS) is 13.9. The molecule has 1 atom stereocenters. The van der Waals surface area contributed by atoms with Crippen molar-refractivity contribution in [2.75, 3.05) is 0 Å². The fourth-order valence-corrected chi connectivity index (χ4v) is 1.77. The lowest BCUT2D eigenvalue weighted by Crippen LogP contribution is -2.40. The molecule has 0 radical (unpaired) electrons. The first-order valence-corrected chi connectivity index (χ1v) is 5.50. The molecule has 0 bridgehead atoms. The van der Waals surface area contributed by atoms with Gasteiger partial charge in [-0.2, -0.15) is 0 Å². The third-order valence-corrected chi connectivity index (χ3v) is 3.11. The predicted molar refractivity (Wildman–Crippen MR) is 62.3 cm³/mol. The van der Waals surface area contributed by atoms with Crippen LogP contribution in [0.1, 0.15) is 39.2 Å². The number of hydrogen-bond donors (Lipinski definition) is 1. The van der Waals surface area contributed by atoms with Gasteiger partial charge in [0.25, 0.3) is 0 Å².